The van der Waals surface area contributed by atoms with Gasteiger partial charge in [0.15, 0.2) is 0 Å². The minimum absolute atomic E-state index is 0.0201. The number of nitrogens with two attached hydrogens (primary N) is 1. The van der Waals surface area contributed by atoms with Crippen molar-refractivity contribution in [2.24, 2.45) is 5.73 Å². The fourth-order valence-electron chi connectivity index (χ4n) is 4.10. The molecule has 3 aromatic rings. The Bertz CT molecular complexity index is 1370. The number of benzene rings is 3. The molecule has 3 aromatic carbocycles. The van der Waals surface area contributed by atoms with E-state index >= 15 is 0 Å². The number of likely N-dealkylation sites (N-methyl/N-ethyl adjacent to an activating group) is 2. The number of fused-ring (bicyclic) bond motifs is 1. The Hall–Kier alpha value is -4.47. The van der Waals surface area contributed by atoms with E-state index in [2.05, 4.69) is 10.6 Å². The van der Waals surface area contributed by atoms with Gasteiger partial charge in [-0.2, -0.15) is 0 Å². The smallest absolute Gasteiger partial charge is 0.338 e. The summed E-state index contributed by atoms with van der Waals surface area (Å²) >= 11 is 0. The Morgan fingerprint density at radius 1 is 0.947 bits per heavy atom. The fourth-order valence-corrected chi connectivity index (χ4v) is 4.10. The largest absolute Gasteiger partial charge is 0.461 e. The molecule has 0 bridgehead atoms. The van der Waals surface area contributed by atoms with Crippen LogP contribution < -0.4 is 21.3 Å². The van der Waals surface area contributed by atoms with Gasteiger partial charge in [-0.1, -0.05) is 36.4 Å². The van der Waals surface area contributed by atoms with E-state index in [0.717, 1.165) is 16.9 Å². The van der Waals surface area contributed by atoms with Crippen molar-refractivity contribution in [3.63, 3.8) is 0 Å². The van der Waals surface area contributed by atoms with Crippen LogP contribution in [0, 0.1) is 0 Å². The molecule has 0 aromatic heterocycles. The number of hydrogen-bond donors (Lipinski definition) is 3. The zero-order valence-corrected chi connectivity index (χ0v) is 21.7. The van der Waals surface area contributed by atoms with Gasteiger partial charge in [0.25, 0.3) is 5.91 Å². The molecule has 0 atom stereocenters. The molecule has 4 rings (SSSR count). The van der Waals surface area contributed by atoms with E-state index in [1.165, 1.54) is 0 Å². The lowest BCUT2D eigenvalue weighted by molar-refractivity contribution is -0.119. The van der Waals surface area contributed by atoms with Crippen molar-refractivity contribution in [1.82, 2.24) is 4.90 Å². The highest BCUT2D eigenvalue weighted by atomic mass is 16.5. The third-order valence-corrected chi connectivity index (χ3v) is 6.01. The molecule has 1 aliphatic heterocycles. The quantitative estimate of drug-likeness (QED) is 0.297. The number of anilines is 3. The van der Waals surface area contributed by atoms with Crippen molar-refractivity contribution in [3.05, 3.63) is 89.5 Å². The van der Waals surface area contributed by atoms with E-state index in [-0.39, 0.29) is 25.0 Å². The van der Waals surface area contributed by atoms with Gasteiger partial charge in [-0.05, 0) is 56.1 Å². The number of rotatable bonds is 9. The van der Waals surface area contributed by atoms with Crippen molar-refractivity contribution in [2.45, 2.75) is 0 Å². The van der Waals surface area contributed by atoms with E-state index in [4.69, 9.17) is 10.5 Å². The van der Waals surface area contributed by atoms with Crippen LogP contribution in [0.5, 0.6) is 0 Å². The number of ether oxygens (including phenoxy) is 1. The van der Waals surface area contributed by atoms with E-state index in [1.807, 2.05) is 73.6 Å². The third-order valence-electron chi connectivity index (χ3n) is 6.01. The van der Waals surface area contributed by atoms with Crippen LogP contribution >= 0.6 is 0 Å². The van der Waals surface area contributed by atoms with Crippen LogP contribution in [0.3, 0.4) is 0 Å². The van der Waals surface area contributed by atoms with Crippen LogP contribution in [0.1, 0.15) is 21.5 Å². The SMILES string of the molecule is CN(C)CC(=O)N(C)c1ccc(N/C(=C2\C(=O)Nc3cc(C(=O)OCCN)ccc32)c2ccccc2)cc1. The van der Waals surface area contributed by atoms with Gasteiger partial charge in [-0.3, -0.25) is 9.59 Å². The molecule has 0 fully saturated rings. The maximum Gasteiger partial charge on any atom is 0.338 e. The molecule has 0 unspecified atom stereocenters. The average Bonchev–Trinajstić information content (AvgIpc) is 3.25. The van der Waals surface area contributed by atoms with E-state index in [0.29, 0.717) is 34.6 Å². The maximum absolute atomic E-state index is 13.2. The number of nitrogens with zero attached hydrogens (tertiary/aromatic N) is 2. The molecular formula is C29H31N5O4. The van der Waals surface area contributed by atoms with Gasteiger partial charge in [0, 0.05) is 30.5 Å². The molecule has 4 N–H and O–H groups in total. The molecule has 0 radical (unpaired) electrons. The second-order valence-corrected chi connectivity index (χ2v) is 9.12. The van der Waals surface area contributed by atoms with Crippen molar-refractivity contribution in [3.8, 4) is 0 Å². The summed E-state index contributed by atoms with van der Waals surface area (Å²) < 4.78 is 5.12. The summed E-state index contributed by atoms with van der Waals surface area (Å²) in [6.07, 6.45) is 0. The first-order chi connectivity index (χ1) is 18.3. The third kappa shape index (κ3) is 5.91. The molecule has 9 nitrogen and oxygen atoms in total. The van der Waals surface area contributed by atoms with Gasteiger partial charge in [-0.15, -0.1) is 0 Å². The van der Waals surface area contributed by atoms with Gasteiger partial charge < -0.3 is 30.9 Å². The Kier molecular flexibility index (Phi) is 8.20. The second kappa shape index (κ2) is 11.7. The molecule has 0 spiro atoms. The minimum Gasteiger partial charge on any atom is -0.461 e. The van der Waals surface area contributed by atoms with E-state index in [1.54, 1.807) is 30.1 Å². The highest BCUT2D eigenvalue weighted by Crippen LogP contribution is 2.38. The lowest BCUT2D eigenvalue weighted by atomic mass is 9.99. The minimum atomic E-state index is -0.500. The van der Waals surface area contributed by atoms with Crippen LogP contribution in [0.2, 0.25) is 0 Å². The monoisotopic (exact) mass is 513 g/mol. The molecule has 2 amide bonds. The van der Waals surface area contributed by atoms with E-state index in [9.17, 15) is 14.4 Å². The predicted octanol–water partition coefficient (Wildman–Crippen LogP) is 3.26. The summed E-state index contributed by atoms with van der Waals surface area (Å²) in [7, 11) is 5.44. The number of esters is 1. The Morgan fingerprint density at radius 3 is 2.32 bits per heavy atom. The van der Waals surface area contributed by atoms with Gasteiger partial charge in [-0.25, -0.2) is 4.79 Å². The standard InChI is InChI=1S/C29H31N5O4/c1-33(2)18-25(35)34(3)22-12-10-21(11-13-22)31-27(19-7-5-4-6-8-19)26-23-14-9-20(29(37)38-16-15-30)17-24(23)32-28(26)36/h4-14,17,31H,15-16,18,30H2,1-3H3,(H,32,36)/b27-26-. The van der Waals surface area contributed by atoms with E-state index < -0.39 is 5.97 Å². The predicted molar refractivity (Wildman–Crippen MR) is 150 cm³/mol. The Morgan fingerprint density at radius 2 is 1.66 bits per heavy atom. The summed E-state index contributed by atoms with van der Waals surface area (Å²) in [6, 6.07) is 22.0. The first-order valence-electron chi connectivity index (χ1n) is 12.2. The molecule has 0 saturated carbocycles. The molecule has 196 valence electrons. The molecule has 1 heterocycles. The van der Waals surface area contributed by atoms with Crippen LogP contribution in [0.25, 0.3) is 11.3 Å². The lowest BCUT2D eigenvalue weighted by Crippen LogP contribution is -2.34. The highest BCUT2D eigenvalue weighted by Gasteiger charge is 2.29. The van der Waals surface area contributed by atoms with Crippen LogP contribution in [0.4, 0.5) is 17.1 Å². The molecule has 1 aliphatic rings. The average molecular weight is 514 g/mol. The summed E-state index contributed by atoms with van der Waals surface area (Å²) in [5.74, 6) is -0.807. The molecule has 0 saturated heterocycles. The topological polar surface area (TPSA) is 117 Å². The first-order valence-corrected chi connectivity index (χ1v) is 12.2. The van der Waals surface area contributed by atoms with Gasteiger partial charge in [0.2, 0.25) is 5.91 Å². The number of nitrogens with one attached hydrogen (secondary N) is 2. The van der Waals surface area contributed by atoms with Gasteiger partial charge in [0.1, 0.15) is 6.61 Å². The van der Waals surface area contributed by atoms with Crippen molar-refractivity contribution in [1.29, 1.82) is 0 Å². The molecule has 9 heteroatoms. The zero-order chi connectivity index (χ0) is 27.2. The van der Waals surface area contributed by atoms with Crippen molar-refractivity contribution >= 4 is 46.1 Å². The fraction of sp³-hybridized carbons (Fsp3) is 0.207. The van der Waals surface area contributed by atoms with Crippen LogP contribution in [-0.2, 0) is 14.3 Å². The summed E-state index contributed by atoms with van der Waals surface area (Å²) in [5, 5.41) is 6.27. The van der Waals surface area contributed by atoms with Crippen molar-refractivity contribution < 1.29 is 19.1 Å². The second-order valence-electron chi connectivity index (χ2n) is 9.12. The Balaban J connectivity index is 1.68. The summed E-state index contributed by atoms with van der Waals surface area (Å²) in [4.78, 5) is 41.4. The van der Waals surface area contributed by atoms with Gasteiger partial charge in [0.05, 0.1) is 29.1 Å². The van der Waals surface area contributed by atoms with Gasteiger partial charge >= 0.3 is 5.97 Å². The molecule has 38 heavy (non-hydrogen) atoms. The number of amides is 2. The maximum atomic E-state index is 13.2. The normalized spacial score (nSPS) is 13.6. The van der Waals surface area contributed by atoms with Crippen LogP contribution in [0.15, 0.2) is 72.8 Å². The molecular weight excluding hydrogens is 482 g/mol. The Labute approximate surface area is 221 Å². The summed E-state index contributed by atoms with van der Waals surface area (Å²) in [6.45, 7) is 0.658. The first kappa shape index (κ1) is 26.6. The number of carbonyl (C=O) groups is 3. The van der Waals surface area contributed by atoms with Crippen LogP contribution in [-0.4, -0.2) is 63.5 Å². The number of hydrogen-bond acceptors (Lipinski definition) is 7. The number of carbonyl (C=O) groups excluding carboxylic acids is 3. The highest BCUT2D eigenvalue weighted by molar-refractivity contribution is 6.37. The zero-order valence-electron chi connectivity index (χ0n) is 21.7. The lowest BCUT2D eigenvalue weighted by Gasteiger charge is -2.20. The summed E-state index contributed by atoms with van der Waals surface area (Å²) in [5.41, 5.74) is 10.3. The van der Waals surface area contributed by atoms with Crippen molar-refractivity contribution in [2.75, 3.05) is 56.4 Å². The molecule has 0 aliphatic carbocycles.